The van der Waals surface area contributed by atoms with Gasteiger partial charge in [0.2, 0.25) is 10.0 Å². The molecule has 1 N–H and O–H groups in total. The van der Waals surface area contributed by atoms with E-state index in [9.17, 15) is 18.0 Å². The normalized spacial score (nSPS) is 16.6. The van der Waals surface area contributed by atoms with Crippen LogP contribution in [0.15, 0.2) is 29.2 Å². The maximum Gasteiger partial charge on any atom is 0.350 e. The summed E-state index contributed by atoms with van der Waals surface area (Å²) in [6, 6.07) is 5.65. The molecular formula is C19H23N3O6S2. The highest BCUT2D eigenvalue weighted by atomic mass is 32.2. The molecule has 0 radical (unpaired) electrons. The lowest BCUT2D eigenvalue weighted by Gasteiger charge is -2.20. The lowest BCUT2D eigenvalue weighted by Crippen LogP contribution is -2.34. The Hall–Kier alpha value is -2.34. The summed E-state index contributed by atoms with van der Waals surface area (Å²) in [6.45, 7) is 2.59. The predicted molar refractivity (Wildman–Crippen MR) is 111 cm³/mol. The number of thiazole rings is 1. The summed E-state index contributed by atoms with van der Waals surface area (Å²) in [4.78, 5) is 28.7. The Morgan fingerprint density at radius 2 is 2.03 bits per heavy atom. The van der Waals surface area contributed by atoms with Crippen LogP contribution in [0.3, 0.4) is 0 Å². The second-order valence-corrected chi connectivity index (χ2v) is 9.87. The molecule has 2 aromatic rings. The van der Waals surface area contributed by atoms with Crippen molar-refractivity contribution < 1.29 is 27.5 Å². The zero-order chi connectivity index (χ0) is 21.9. The van der Waals surface area contributed by atoms with E-state index in [1.165, 1.54) is 42.7 Å². The van der Waals surface area contributed by atoms with E-state index in [0.29, 0.717) is 17.2 Å². The minimum atomic E-state index is -3.68. The van der Waals surface area contributed by atoms with E-state index in [-0.39, 0.29) is 28.2 Å². The SMILES string of the molecule is COC(=O)c1sc(NC(=O)c2ccc(S(=O)(=O)N(C)CC3CCCO3)cc2)nc1C. The van der Waals surface area contributed by atoms with Gasteiger partial charge in [-0.1, -0.05) is 11.3 Å². The van der Waals surface area contributed by atoms with Gasteiger partial charge in [-0.05, 0) is 44.0 Å². The van der Waals surface area contributed by atoms with E-state index in [1.807, 2.05) is 0 Å². The Kier molecular flexibility index (Phi) is 6.86. The molecule has 3 rings (SSSR count). The molecule has 2 heterocycles. The van der Waals surface area contributed by atoms with Crippen LogP contribution in [0.1, 0.15) is 38.6 Å². The van der Waals surface area contributed by atoms with Crippen molar-refractivity contribution >= 4 is 38.4 Å². The van der Waals surface area contributed by atoms with Crippen LogP contribution in [0.25, 0.3) is 0 Å². The van der Waals surface area contributed by atoms with Gasteiger partial charge >= 0.3 is 5.97 Å². The Balaban J connectivity index is 1.68. The Labute approximate surface area is 179 Å². The molecule has 0 bridgehead atoms. The largest absolute Gasteiger partial charge is 0.465 e. The van der Waals surface area contributed by atoms with Crippen LogP contribution >= 0.6 is 11.3 Å². The molecule has 1 amide bonds. The van der Waals surface area contributed by atoms with Gasteiger partial charge in [0.1, 0.15) is 4.88 Å². The molecule has 1 aliphatic heterocycles. The smallest absolute Gasteiger partial charge is 0.350 e. The van der Waals surface area contributed by atoms with Crippen LogP contribution in [0.2, 0.25) is 0 Å². The molecule has 1 aliphatic rings. The second-order valence-electron chi connectivity index (χ2n) is 6.82. The first-order valence-corrected chi connectivity index (χ1v) is 11.5. The van der Waals surface area contributed by atoms with Gasteiger partial charge < -0.3 is 9.47 Å². The molecule has 1 aromatic heterocycles. The molecule has 1 unspecified atom stereocenters. The van der Waals surface area contributed by atoms with Crippen LogP contribution in [0.4, 0.5) is 5.13 Å². The number of sulfonamides is 1. The first kappa shape index (κ1) is 22.3. The first-order chi connectivity index (χ1) is 14.2. The number of likely N-dealkylation sites (N-methyl/N-ethyl adjacent to an activating group) is 1. The molecule has 1 atom stereocenters. The lowest BCUT2D eigenvalue weighted by atomic mass is 10.2. The highest BCUT2D eigenvalue weighted by molar-refractivity contribution is 7.89. The van der Waals surface area contributed by atoms with Crippen molar-refractivity contribution in [3.8, 4) is 0 Å². The van der Waals surface area contributed by atoms with E-state index >= 15 is 0 Å². The molecule has 11 heteroatoms. The fraction of sp³-hybridized carbons (Fsp3) is 0.421. The van der Waals surface area contributed by atoms with Crippen molar-refractivity contribution in [1.29, 1.82) is 0 Å². The number of hydrogen-bond acceptors (Lipinski definition) is 8. The number of nitrogens with one attached hydrogen (secondary N) is 1. The topological polar surface area (TPSA) is 115 Å². The second kappa shape index (κ2) is 9.21. The molecule has 0 saturated carbocycles. The maximum absolute atomic E-state index is 12.7. The molecule has 0 spiro atoms. The minimum absolute atomic E-state index is 0.0912. The molecule has 1 aromatic carbocycles. The van der Waals surface area contributed by atoms with Crippen LogP contribution in [0, 0.1) is 6.92 Å². The molecule has 162 valence electrons. The van der Waals surface area contributed by atoms with E-state index in [2.05, 4.69) is 15.0 Å². The van der Waals surface area contributed by atoms with Crippen LogP contribution in [0.5, 0.6) is 0 Å². The summed E-state index contributed by atoms with van der Waals surface area (Å²) < 4.78 is 36.9. The van der Waals surface area contributed by atoms with Gasteiger partial charge in [-0.25, -0.2) is 18.2 Å². The fourth-order valence-electron chi connectivity index (χ4n) is 3.03. The Morgan fingerprint density at radius 1 is 1.33 bits per heavy atom. The third kappa shape index (κ3) is 4.86. The number of rotatable bonds is 7. The molecule has 1 fully saturated rings. The van der Waals surface area contributed by atoms with E-state index in [0.717, 1.165) is 24.2 Å². The summed E-state index contributed by atoms with van der Waals surface area (Å²) in [5.74, 6) is -0.982. The van der Waals surface area contributed by atoms with Gasteiger partial charge in [0.25, 0.3) is 5.91 Å². The quantitative estimate of drug-likeness (QED) is 0.640. The molecule has 1 saturated heterocycles. The van der Waals surface area contributed by atoms with Crippen molar-refractivity contribution in [2.45, 2.75) is 30.8 Å². The Morgan fingerprint density at radius 3 is 2.63 bits per heavy atom. The number of aromatic nitrogens is 1. The maximum atomic E-state index is 12.7. The summed E-state index contributed by atoms with van der Waals surface area (Å²) in [6.07, 6.45) is 1.68. The van der Waals surface area contributed by atoms with Crippen molar-refractivity contribution in [2.24, 2.45) is 0 Å². The summed E-state index contributed by atoms with van der Waals surface area (Å²) in [5.41, 5.74) is 0.723. The number of nitrogens with zero attached hydrogens (tertiary/aromatic N) is 2. The number of carbonyl (C=O) groups is 2. The number of carbonyl (C=O) groups excluding carboxylic acids is 2. The van der Waals surface area contributed by atoms with Crippen LogP contribution in [-0.2, 0) is 19.5 Å². The molecule has 30 heavy (non-hydrogen) atoms. The molecule has 9 nitrogen and oxygen atoms in total. The zero-order valence-electron chi connectivity index (χ0n) is 16.9. The summed E-state index contributed by atoms with van der Waals surface area (Å²) in [5, 5.41) is 2.87. The first-order valence-electron chi connectivity index (χ1n) is 9.27. The van der Waals surface area contributed by atoms with Crippen LogP contribution in [-0.4, -0.2) is 63.0 Å². The monoisotopic (exact) mass is 453 g/mol. The fourth-order valence-corrected chi connectivity index (χ4v) is 5.11. The number of anilines is 1. The standard InChI is InChI=1S/C19H23N3O6S2/c1-12-16(18(24)27-3)29-19(20-12)21-17(23)13-6-8-15(9-7-13)30(25,26)22(2)11-14-5-4-10-28-14/h6-9,14H,4-5,10-11H2,1-3H3,(H,20,21,23). The third-order valence-corrected chi connectivity index (χ3v) is 7.59. The van der Waals surface area contributed by atoms with E-state index < -0.39 is 21.9 Å². The highest BCUT2D eigenvalue weighted by Gasteiger charge is 2.26. The number of aryl methyl sites for hydroxylation is 1. The zero-order valence-corrected chi connectivity index (χ0v) is 18.5. The number of ether oxygens (including phenoxy) is 2. The summed E-state index contributed by atoms with van der Waals surface area (Å²) in [7, 11) is -0.896. The van der Waals surface area contributed by atoms with Gasteiger partial charge in [-0.2, -0.15) is 4.31 Å². The molecule has 0 aliphatic carbocycles. The number of hydrogen-bond donors (Lipinski definition) is 1. The highest BCUT2D eigenvalue weighted by Crippen LogP contribution is 2.24. The average molecular weight is 454 g/mol. The van der Waals surface area contributed by atoms with Crippen LogP contribution < -0.4 is 5.32 Å². The number of benzene rings is 1. The summed E-state index contributed by atoms with van der Waals surface area (Å²) >= 11 is 1.01. The van der Waals surface area contributed by atoms with E-state index in [4.69, 9.17) is 4.74 Å². The van der Waals surface area contributed by atoms with Crippen molar-refractivity contribution in [2.75, 3.05) is 32.6 Å². The Bertz CT molecular complexity index is 1030. The van der Waals surface area contributed by atoms with Crippen molar-refractivity contribution in [3.05, 3.63) is 40.4 Å². The van der Waals surface area contributed by atoms with Gasteiger partial charge in [0.05, 0.1) is 23.8 Å². The molecular weight excluding hydrogens is 430 g/mol. The van der Waals surface area contributed by atoms with Crippen molar-refractivity contribution in [1.82, 2.24) is 9.29 Å². The van der Waals surface area contributed by atoms with Gasteiger partial charge in [-0.3, -0.25) is 10.1 Å². The predicted octanol–water partition coefficient (Wildman–Crippen LogP) is 2.29. The number of esters is 1. The minimum Gasteiger partial charge on any atom is -0.465 e. The lowest BCUT2D eigenvalue weighted by molar-refractivity contribution is 0.0605. The number of amides is 1. The average Bonchev–Trinajstić information content (AvgIpc) is 3.36. The van der Waals surface area contributed by atoms with Gasteiger partial charge in [-0.15, -0.1) is 0 Å². The number of methoxy groups -OCH3 is 1. The van der Waals surface area contributed by atoms with Gasteiger partial charge in [0.15, 0.2) is 5.13 Å². The van der Waals surface area contributed by atoms with Crippen molar-refractivity contribution in [3.63, 3.8) is 0 Å². The van der Waals surface area contributed by atoms with E-state index in [1.54, 1.807) is 6.92 Å². The van der Waals surface area contributed by atoms with Gasteiger partial charge in [0, 0.05) is 25.8 Å². The third-order valence-electron chi connectivity index (χ3n) is 4.70.